The van der Waals surface area contributed by atoms with E-state index in [0.29, 0.717) is 29.1 Å². The highest BCUT2D eigenvalue weighted by atomic mass is 35.5. The molecule has 0 spiro atoms. The van der Waals surface area contributed by atoms with Crippen LogP contribution in [0.4, 0.5) is 28.8 Å². The quantitative estimate of drug-likeness (QED) is 0.328. The summed E-state index contributed by atoms with van der Waals surface area (Å²) in [6.45, 7) is 9.90. The molecule has 3 heterocycles. The largest absolute Gasteiger partial charge is 0.494 e. The summed E-state index contributed by atoms with van der Waals surface area (Å²) in [6, 6.07) is 12.0. The van der Waals surface area contributed by atoms with E-state index in [2.05, 4.69) is 41.8 Å². The number of nitrogens with zero attached hydrogens (tertiary/aromatic N) is 4. The Morgan fingerprint density at radius 2 is 1.93 bits per heavy atom. The Bertz CT molecular complexity index is 1380. The number of carbonyl (C=O) groups is 1. The van der Waals surface area contributed by atoms with Crippen LogP contribution in [0.15, 0.2) is 42.6 Å². The number of amides is 1. The molecule has 3 aromatic rings. The van der Waals surface area contributed by atoms with Gasteiger partial charge in [0.2, 0.25) is 11.9 Å². The molecule has 2 aliphatic rings. The van der Waals surface area contributed by atoms with Crippen LogP contribution in [0, 0.1) is 0 Å². The molecule has 3 N–H and O–H groups in total. The molecule has 2 aliphatic heterocycles. The second-order valence-electron chi connectivity index (χ2n) is 10.5. The zero-order valence-electron chi connectivity index (χ0n) is 23.4. The van der Waals surface area contributed by atoms with Crippen molar-refractivity contribution < 1.29 is 14.3 Å². The number of nitrogens with one attached hydrogen (secondary N) is 3. The molecule has 0 atom stereocenters. The lowest BCUT2D eigenvalue weighted by atomic mass is 9.83. The number of anilines is 5. The Hall–Kier alpha value is -3.60. The Labute approximate surface area is 240 Å². The fourth-order valence-corrected chi connectivity index (χ4v) is 5.42. The van der Waals surface area contributed by atoms with Crippen LogP contribution in [0.3, 0.4) is 0 Å². The highest BCUT2D eigenvalue weighted by molar-refractivity contribution is 6.32. The topological polar surface area (TPSA) is 104 Å². The average molecular weight is 566 g/mol. The first-order valence-electron chi connectivity index (χ1n) is 13.4. The predicted octanol–water partition coefficient (Wildman–Crippen LogP) is 4.49. The van der Waals surface area contributed by atoms with Crippen molar-refractivity contribution in [2.24, 2.45) is 0 Å². The fourth-order valence-electron chi connectivity index (χ4n) is 5.26. The molecule has 212 valence electrons. The highest BCUT2D eigenvalue weighted by Crippen LogP contribution is 2.40. The molecule has 1 saturated heterocycles. The number of methoxy groups -OCH3 is 2. The fraction of sp³-hybridized carbons (Fsp3) is 0.414. The molecule has 0 aliphatic carbocycles. The molecule has 1 aromatic heterocycles. The standard InChI is InChI=1S/C29H36ClN7O3/c1-29(2)25-19(6-5-7-23(25)33-27(29)38)17-31-26-21(30)18-32-28(35-26)34-22-9-8-20(16-24(22)40-4)37-12-10-36(11-13-37)14-15-39-3/h5-9,16,18H,10-15,17H2,1-4H3,(H,33,38)(H2,31,32,34,35). The summed E-state index contributed by atoms with van der Waals surface area (Å²) >= 11 is 6.44. The van der Waals surface area contributed by atoms with Crippen molar-refractivity contribution in [1.82, 2.24) is 14.9 Å². The summed E-state index contributed by atoms with van der Waals surface area (Å²) in [6.07, 6.45) is 1.56. The van der Waals surface area contributed by atoms with Gasteiger partial charge in [0.1, 0.15) is 10.8 Å². The third kappa shape index (κ3) is 5.79. The minimum atomic E-state index is -0.615. The molecule has 11 heteroatoms. The van der Waals surface area contributed by atoms with Crippen LogP contribution in [0.5, 0.6) is 5.75 Å². The van der Waals surface area contributed by atoms with Gasteiger partial charge in [0.25, 0.3) is 0 Å². The molecule has 5 rings (SSSR count). The number of hydrogen-bond acceptors (Lipinski definition) is 9. The monoisotopic (exact) mass is 565 g/mol. The van der Waals surface area contributed by atoms with Gasteiger partial charge in [-0.3, -0.25) is 9.69 Å². The van der Waals surface area contributed by atoms with Crippen LogP contribution in [0.25, 0.3) is 0 Å². The normalized spacial score (nSPS) is 16.4. The summed E-state index contributed by atoms with van der Waals surface area (Å²) < 4.78 is 10.9. The minimum absolute atomic E-state index is 0.00851. The van der Waals surface area contributed by atoms with E-state index in [9.17, 15) is 4.79 Å². The van der Waals surface area contributed by atoms with E-state index >= 15 is 0 Å². The summed E-state index contributed by atoms with van der Waals surface area (Å²) in [5, 5.41) is 9.96. The third-order valence-electron chi connectivity index (χ3n) is 7.56. The molecule has 2 aromatic carbocycles. The van der Waals surface area contributed by atoms with E-state index in [-0.39, 0.29) is 5.91 Å². The number of rotatable bonds is 10. The summed E-state index contributed by atoms with van der Waals surface area (Å²) in [5.74, 6) is 1.58. The number of fused-ring (bicyclic) bond motifs is 1. The maximum absolute atomic E-state index is 12.5. The van der Waals surface area contributed by atoms with Crippen LogP contribution >= 0.6 is 11.6 Å². The van der Waals surface area contributed by atoms with E-state index in [1.54, 1.807) is 20.4 Å². The van der Waals surface area contributed by atoms with E-state index in [1.165, 1.54) is 0 Å². The summed E-state index contributed by atoms with van der Waals surface area (Å²) in [5.41, 5.74) is 4.08. The lowest BCUT2D eigenvalue weighted by Crippen LogP contribution is -2.47. The SMILES string of the molecule is COCCN1CCN(c2ccc(Nc3ncc(Cl)c(NCc4cccc5c4C(C)(C)C(=O)N5)n3)c(OC)c2)CC1. The number of halogens is 1. The first-order valence-corrected chi connectivity index (χ1v) is 13.8. The Balaban J connectivity index is 1.27. The van der Waals surface area contributed by atoms with Gasteiger partial charge < -0.3 is 30.3 Å². The van der Waals surface area contributed by atoms with Gasteiger partial charge in [-0.2, -0.15) is 4.98 Å². The second kappa shape index (κ2) is 11.9. The molecular formula is C29H36ClN7O3. The predicted molar refractivity (Wildman–Crippen MR) is 159 cm³/mol. The first-order chi connectivity index (χ1) is 19.3. The Morgan fingerprint density at radius 3 is 2.67 bits per heavy atom. The Kier molecular flexibility index (Phi) is 8.30. The van der Waals surface area contributed by atoms with E-state index in [1.807, 2.05) is 44.2 Å². The molecule has 0 saturated carbocycles. The van der Waals surface area contributed by atoms with Crippen LogP contribution in [-0.2, 0) is 21.5 Å². The third-order valence-corrected chi connectivity index (χ3v) is 7.84. The van der Waals surface area contributed by atoms with Gasteiger partial charge in [-0.05, 0) is 43.2 Å². The number of benzene rings is 2. The molecule has 0 unspecified atom stereocenters. The van der Waals surface area contributed by atoms with Gasteiger partial charge in [-0.15, -0.1) is 0 Å². The van der Waals surface area contributed by atoms with E-state index < -0.39 is 5.41 Å². The first kappa shape index (κ1) is 27.9. The molecule has 0 bridgehead atoms. The number of aromatic nitrogens is 2. The number of ether oxygens (including phenoxy) is 2. The van der Waals surface area contributed by atoms with Crippen molar-refractivity contribution in [3.05, 3.63) is 58.7 Å². The lowest BCUT2D eigenvalue weighted by Gasteiger charge is -2.36. The molecule has 10 nitrogen and oxygen atoms in total. The summed E-state index contributed by atoms with van der Waals surface area (Å²) in [7, 11) is 3.39. The number of hydrogen-bond donors (Lipinski definition) is 3. The van der Waals surface area contributed by atoms with Crippen molar-refractivity contribution in [3.63, 3.8) is 0 Å². The van der Waals surface area contributed by atoms with E-state index in [0.717, 1.165) is 67.5 Å². The summed E-state index contributed by atoms with van der Waals surface area (Å²) in [4.78, 5) is 26.2. The van der Waals surface area contributed by atoms with Gasteiger partial charge >= 0.3 is 0 Å². The van der Waals surface area contributed by atoms with Gasteiger partial charge in [0.05, 0.1) is 31.0 Å². The van der Waals surface area contributed by atoms with Crippen molar-refractivity contribution >= 4 is 46.3 Å². The van der Waals surface area contributed by atoms with Crippen molar-refractivity contribution in [1.29, 1.82) is 0 Å². The number of carbonyl (C=O) groups excluding carboxylic acids is 1. The molecule has 1 amide bonds. The van der Waals surface area contributed by atoms with Crippen molar-refractivity contribution in [2.45, 2.75) is 25.8 Å². The smallest absolute Gasteiger partial charge is 0.234 e. The minimum Gasteiger partial charge on any atom is -0.494 e. The molecule has 40 heavy (non-hydrogen) atoms. The number of piperazine rings is 1. The van der Waals surface area contributed by atoms with Crippen LogP contribution < -0.4 is 25.6 Å². The van der Waals surface area contributed by atoms with Crippen LogP contribution in [0.1, 0.15) is 25.0 Å². The van der Waals surface area contributed by atoms with Gasteiger partial charge in [0, 0.05) is 63.8 Å². The second-order valence-corrected chi connectivity index (χ2v) is 10.9. The van der Waals surface area contributed by atoms with Gasteiger partial charge in [-0.25, -0.2) is 4.98 Å². The molecular weight excluding hydrogens is 530 g/mol. The lowest BCUT2D eigenvalue weighted by molar-refractivity contribution is -0.119. The zero-order valence-corrected chi connectivity index (χ0v) is 24.1. The van der Waals surface area contributed by atoms with Crippen LogP contribution in [0.2, 0.25) is 5.02 Å². The molecule has 0 radical (unpaired) electrons. The van der Waals surface area contributed by atoms with E-state index in [4.69, 9.17) is 21.1 Å². The van der Waals surface area contributed by atoms with Gasteiger partial charge in [0.15, 0.2) is 5.82 Å². The molecule has 1 fully saturated rings. The van der Waals surface area contributed by atoms with Gasteiger partial charge in [-0.1, -0.05) is 23.7 Å². The van der Waals surface area contributed by atoms with Crippen molar-refractivity contribution in [2.75, 3.05) is 74.4 Å². The Morgan fingerprint density at radius 1 is 1.12 bits per heavy atom. The maximum Gasteiger partial charge on any atom is 0.234 e. The highest BCUT2D eigenvalue weighted by Gasteiger charge is 2.39. The zero-order chi connectivity index (χ0) is 28.3. The van der Waals surface area contributed by atoms with Crippen LogP contribution in [-0.4, -0.2) is 74.3 Å². The average Bonchev–Trinajstić information content (AvgIpc) is 3.20. The van der Waals surface area contributed by atoms with Crippen molar-refractivity contribution in [3.8, 4) is 5.75 Å². The maximum atomic E-state index is 12.5.